The topological polar surface area (TPSA) is 55.6 Å². The second-order valence-electron chi connectivity index (χ2n) is 3.89. The van der Waals surface area contributed by atoms with Gasteiger partial charge in [-0.2, -0.15) is 0 Å². The maximum absolute atomic E-state index is 11.1. The van der Waals surface area contributed by atoms with Crippen LogP contribution >= 0.6 is 0 Å². The van der Waals surface area contributed by atoms with Crippen LogP contribution in [0.4, 0.5) is 0 Å². The Bertz CT molecular complexity index is 197. The summed E-state index contributed by atoms with van der Waals surface area (Å²) in [6.45, 7) is 5.14. The largest absolute Gasteiger partial charge is 0.469 e. The first-order valence-corrected chi connectivity index (χ1v) is 5.22. The number of nitrogens with two attached hydrogens (primary N) is 1. The number of nitrogens with zero attached hydrogens (tertiary/aromatic N) is 1. The number of ether oxygens (including phenoxy) is 1. The van der Waals surface area contributed by atoms with Crippen molar-refractivity contribution in [3.05, 3.63) is 0 Å². The number of hydrogen-bond donors (Lipinski definition) is 1. The average Bonchev–Trinajstić information content (AvgIpc) is 2.21. The van der Waals surface area contributed by atoms with E-state index in [1.807, 2.05) is 0 Å². The Kier molecular flexibility index (Phi) is 4.35. The van der Waals surface area contributed by atoms with Crippen LogP contribution in [0.5, 0.6) is 0 Å². The molecule has 2 atom stereocenters. The summed E-state index contributed by atoms with van der Waals surface area (Å²) in [5.41, 5.74) is 5.96. The lowest BCUT2D eigenvalue weighted by Crippen LogP contribution is -2.47. The lowest BCUT2D eigenvalue weighted by atomic mass is 9.90. The van der Waals surface area contributed by atoms with E-state index in [2.05, 4.69) is 16.6 Å². The normalized spacial score (nSPS) is 28.8. The van der Waals surface area contributed by atoms with Gasteiger partial charge in [0, 0.05) is 12.6 Å². The summed E-state index contributed by atoms with van der Waals surface area (Å²) in [5.74, 6) is 0.111. The number of esters is 1. The van der Waals surface area contributed by atoms with Gasteiger partial charge in [0.1, 0.15) is 0 Å². The van der Waals surface area contributed by atoms with Gasteiger partial charge >= 0.3 is 5.97 Å². The van der Waals surface area contributed by atoms with Crippen LogP contribution in [0, 0.1) is 5.92 Å². The highest BCUT2D eigenvalue weighted by molar-refractivity contribution is 5.69. The van der Waals surface area contributed by atoms with Crippen LogP contribution in [0.25, 0.3) is 0 Å². The van der Waals surface area contributed by atoms with Gasteiger partial charge in [-0.3, -0.25) is 4.79 Å². The Labute approximate surface area is 85.4 Å². The molecule has 2 unspecified atom stereocenters. The predicted molar refractivity (Wildman–Crippen MR) is 54.8 cm³/mol. The Morgan fingerprint density at radius 3 is 2.93 bits per heavy atom. The second kappa shape index (κ2) is 5.32. The summed E-state index contributed by atoms with van der Waals surface area (Å²) in [5, 5.41) is 0. The van der Waals surface area contributed by atoms with Gasteiger partial charge in [-0.1, -0.05) is 6.92 Å². The summed E-state index contributed by atoms with van der Waals surface area (Å²) in [6, 6.07) is 0.150. The number of carbonyl (C=O) groups is 1. The van der Waals surface area contributed by atoms with E-state index >= 15 is 0 Å². The van der Waals surface area contributed by atoms with Gasteiger partial charge in [-0.05, 0) is 25.4 Å². The maximum atomic E-state index is 11.1. The summed E-state index contributed by atoms with van der Waals surface area (Å²) in [7, 11) is 1.42. The highest BCUT2D eigenvalue weighted by Gasteiger charge is 2.27. The Morgan fingerprint density at radius 2 is 2.36 bits per heavy atom. The van der Waals surface area contributed by atoms with E-state index in [-0.39, 0.29) is 17.9 Å². The van der Waals surface area contributed by atoms with Crippen LogP contribution in [0.3, 0.4) is 0 Å². The third-order valence-electron chi connectivity index (χ3n) is 2.98. The van der Waals surface area contributed by atoms with E-state index in [1.54, 1.807) is 0 Å². The van der Waals surface area contributed by atoms with Crippen molar-refractivity contribution in [1.82, 2.24) is 4.90 Å². The van der Waals surface area contributed by atoms with Gasteiger partial charge < -0.3 is 15.4 Å². The molecule has 14 heavy (non-hydrogen) atoms. The standard InChI is InChI=1S/C10H20N2O2/c1-3-12-5-4-9(11)8(7-12)6-10(13)14-2/h8-9H,3-7,11H2,1-2H3. The number of carbonyl (C=O) groups excluding carboxylic acids is 1. The molecular formula is C10H20N2O2. The summed E-state index contributed by atoms with van der Waals surface area (Å²) >= 11 is 0. The number of piperidine rings is 1. The molecule has 0 aromatic carbocycles. The van der Waals surface area contributed by atoms with Gasteiger partial charge in [0.05, 0.1) is 13.5 Å². The van der Waals surface area contributed by atoms with Crippen molar-refractivity contribution in [2.75, 3.05) is 26.7 Å². The third kappa shape index (κ3) is 2.96. The van der Waals surface area contributed by atoms with Crippen LogP contribution in [-0.2, 0) is 9.53 Å². The minimum absolute atomic E-state index is 0.150. The molecule has 1 heterocycles. The molecule has 1 saturated heterocycles. The fourth-order valence-electron chi connectivity index (χ4n) is 1.93. The molecule has 0 saturated carbocycles. The molecule has 4 heteroatoms. The molecule has 1 aliphatic heterocycles. The third-order valence-corrected chi connectivity index (χ3v) is 2.98. The number of likely N-dealkylation sites (tertiary alicyclic amines) is 1. The lowest BCUT2D eigenvalue weighted by Gasteiger charge is -2.35. The molecule has 1 aliphatic rings. The SMILES string of the molecule is CCN1CCC(N)C(CC(=O)OC)C1. The first kappa shape index (κ1) is 11.5. The minimum Gasteiger partial charge on any atom is -0.469 e. The molecular weight excluding hydrogens is 180 g/mol. The zero-order valence-corrected chi connectivity index (χ0v) is 9.03. The smallest absolute Gasteiger partial charge is 0.305 e. The van der Waals surface area contributed by atoms with Crippen molar-refractivity contribution >= 4 is 5.97 Å². The fraction of sp³-hybridized carbons (Fsp3) is 0.900. The molecule has 4 nitrogen and oxygen atoms in total. The van der Waals surface area contributed by atoms with Crippen LogP contribution in [0.15, 0.2) is 0 Å². The van der Waals surface area contributed by atoms with Gasteiger partial charge in [0.15, 0.2) is 0 Å². The fourth-order valence-corrected chi connectivity index (χ4v) is 1.93. The first-order valence-electron chi connectivity index (χ1n) is 5.22. The molecule has 0 radical (unpaired) electrons. The van der Waals surface area contributed by atoms with Crippen LogP contribution in [0.2, 0.25) is 0 Å². The van der Waals surface area contributed by atoms with Crippen LogP contribution < -0.4 is 5.73 Å². The van der Waals surface area contributed by atoms with Crippen molar-refractivity contribution in [3.63, 3.8) is 0 Å². The van der Waals surface area contributed by atoms with Crippen LogP contribution in [0.1, 0.15) is 19.8 Å². The first-order chi connectivity index (χ1) is 6.67. The van der Waals surface area contributed by atoms with E-state index in [9.17, 15) is 4.79 Å². The van der Waals surface area contributed by atoms with Gasteiger partial charge in [0.2, 0.25) is 0 Å². The molecule has 0 aliphatic carbocycles. The molecule has 1 rings (SSSR count). The van der Waals surface area contributed by atoms with E-state index in [0.29, 0.717) is 6.42 Å². The molecule has 82 valence electrons. The molecule has 0 aromatic heterocycles. The molecule has 0 spiro atoms. The van der Waals surface area contributed by atoms with Crippen LogP contribution in [-0.4, -0.2) is 43.7 Å². The lowest BCUT2D eigenvalue weighted by molar-refractivity contribution is -0.142. The minimum atomic E-state index is -0.150. The maximum Gasteiger partial charge on any atom is 0.305 e. The summed E-state index contributed by atoms with van der Waals surface area (Å²) in [6.07, 6.45) is 1.43. The highest BCUT2D eigenvalue weighted by Crippen LogP contribution is 2.18. The molecule has 0 bridgehead atoms. The van der Waals surface area contributed by atoms with Crippen molar-refractivity contribution in [2.45, 2.75) is 25.8 Å². The van der Waals surface area contributed by atoms with Crippen molar-refractivity contribution in [2.24, 2.45) is 11.7 Å². The zero-order chi connectivity index (χ0) is 10.6. The van der Waals surface area contributed by atoms with E-state index in [0.717, 1.165) is 26.1 Å². The highest BCUT2D eigenvalue weighted by atomic mass is 16.5. The zero-order valence-electron chi connectivity index (χ0n) is 9.03. The van der Waals surface area contributed by atoms with E-state index < -0.39 is 0 Å². The van der Waals surface area contributed by atoms with E-state index in [4.69, 9.17) is 5.73 Å². The quantitative estimate of drug-likeness (QED) is 0.662. The molecule has 0 aromatic rings. The van der Waals surface area contributed by atoms with Crippen molar-refractivity contribution < 1.29 is 9.53 Å². The predicted octanol–water partition coefficient (Wildman–Crippen LogP) is 0.219. The monoisotopic (exact) mass is 200 g/mol. The average molecular weight is 200 g/mol. The van der Waals surface area contributed by atoms with Crippen molar-refractivity contribution in [3.8, 4) is 0 Å². The second-order valence-corrected chi connectivity index (χ2v) is 3.89. The number of methoxy groups -OCH3 is 1. The van der Waals surface area contributed by atoms with E-state index in [1.165, 1.54) is 7.11 Å². The summed E-state index contributed by atoms with van der Waals surface area (Å²) < 4.78 is 4.66. The summed E-state index contributed by atoms with van der Waals surface area (Å²) in [4.78, 5) is 13.5. The van der Waals surface area contributed by atoms with Crippen molar-refractivity contribution in [1.29, 1.82) is 0 Å². The van der Waals surface area contributed by atoms with Gasteiger partial charge in [-0.25, -0.2) is 0 Å². The Balaban J connectivity index is 2.44. The Hall–Kier alpha value is -0.610. The van der Waals surface area contributed by atoms with Gasteiger partial charge in [0.25, 0.3) is 0 Å². The molecule has 0 amide bonds. The Morgan fingerprint density at radius 1 is 1.64 bits per heavy atom. The molecule has 1 fully saturated rings. The number of rotatable bonds is 3. The van der Waals surface area contributed by atoms with Gasteiger partial charge in [-0.15, -0.1) is 0 Å². The number of hydrogen-bond acceptors (Lipinski definition) is 4. The molecule has 2 N–H and O–H groups in total.